The zero-order valence-corrected chi connectivity index (χ0v) is 14.7. The van der Waals surface area contributed by atoms with E-state index < -0.39 is 0 Å². The van der Waals surface area contributed by atoms with Crippen molar-refractivity contribution in [2.24, 2.45) is 0 Å². The number of hydrogen-bond acceptors (Lipinski definition) is 2. The van der Waals surface area contributed by atoms with Crippen LogP contribution < -0.4 is 0 Å². The van der Waals surface area contributed by atoms with E-state index >= 15 is 0 Å². The van der Waals surface area contributed by atoms with Crippen LogP contribution in [0.1, 0.15) is 24.5 Å². The van der Waals surface area contributed by atoms with Crippen molar-refractivity contribution in [1.82, 2.24) is 0 Å². The molecule has 0 aliphatic rings. The highest BCUT2D eigenvalue weighted by Crippen LogP contribution is 2.30. The fourth-order valence-electron chi connectivity index (χ4n) is 2.57. The molecule has 0 amide bonds. The summed E-state index contributed by atoms with van der Waals surface area (Å²) in [5.41, 5.74) is 4.09. The first kappa shape index (κ1) is 18.4. The Morgan fingerprint density at radius 2 is 1.48 bits per heavy atom. The maximum atomic E-state index is 11.2. The van der Waals surface area contributed by atoms with Gasteiger partial charge in [-0.15, -0.1) is 0 Å². The number of hydrogen-bond donors (Lipinski definition) is 0. The molecule has 0 saturated heterocycles. The van der Waals surface area contributed by atoms with E-state index in [1.54, 1.807) is 6.07 Å². The molecule has 0 heterocycles. The van der Waals surface area contributed by atoms with Gasteiger partial charge in [0.05, 0.1) is 10.5 Å². The molecule has 0 saturated carbocycles. The summed E-state index contributed by atoms with van der Waals surface area (Å²) in [5, 5.41) is 11.2. The van der Waals surface area contributed by atoms with Gasteiger partial charge in [-0.3, -0.25) is 10.1 Å². The van der Waals surface area contributed by atoms with E-state index in [4.69, 9.17) is 0 Å². The first-order valence-corrected chi connectivity index (χ1v) is 8.46. The van der Waals surface area contributed by atoms with Gasteiger partial charge in [-0.1, -0.05) is 85.6 Å². The lowest BCUT2D eigenvalue weighted by atomic mass is 10.00. The highest BCUT2D eigenvalue weighted by Gasteiger charge is 2.15. The molecule has 0 aliphatic carbocycles. The molecule has 0 N–H and O–H groups in total. The Kier molecular flexibility index (Phi) is 6.90. The van der Waals surface area contributed by atoms with Crippen molar-refractivity contribution in [3.8, 4) is 11.1 Å². The third-order valence-corrected chi connectivity index (χ3v) is 3.82. The second-order valence-electron chi connectivity index (χ2n) is 5.88. The second-order valence-corrected chi connectivity index (χ2v) is 5.88. The molecular weight excluding hydrogens is 310 g/mol. The van der Waals surface area contributed by atoms with Gasteiger partial charge in [0, 0.05) is 6.07 Å². The minimum absolute atomic E-state index is 0.187. The Balaban J connectivity index is 0.000000269. The van der Waals surface area contributed by atoms with E-state index in [9.17, 15) is 10.1 Å². The van der Waals surface area contributed by atoms with Gasteiger partial charge >= 0.3 is 0 Å². The Morgan fingerprint density at radius 3 is 1.96 bits per heavy atom. The molecule has 0 aliphatic heterocycles. The zero-order valence-electron chi connectivity index (χ0n) is 14.7. The third-order valence-electron chi connectivity index (χ3n) is 3.82. The van der Waals surface area contributed by atoms with Crippen LogP contribution in [0.2, 0.25) is 0 Å². The molecule has 0 radical (unpaired) electrons. The molecule has 0 atom stereocenters. The summed E-state index contributed by atoms with van der Waals surface area (Å²) < 4.78 is 0. The average Bonchev–Trinajstić information content (AvgIpc) is 2.64. The molecule has 0 bridgehead atoms. The summed E-state index contributed by atoms with van der Waals surface area (Å²) in [7, 11) is 0. The van der Waals surface area contributed by atoms with Crippen molar-refractivity contribution < 1.29 is 4.92 Å². The predicted molar refractivity (Wildman–Crippen MR) is 104 cm³/mol. The van der Waals surface area contributed by atoms with E-state index in [-0.39, 0.29) is 10.6 Å². The van der Waals surface area contributed by atoms with Gasteiger partial charge in [0.1, 0.15) is 0 Å². The Labute approximate surface area is 149 Å². The maximum absolute atomic E-state index is 11.2. The number of nitrogens with zero attached hydrogens (tertiary/aromatic N) is 1. The van der Waals surface area contributed by atoms with Crippen LogP contribution in [0.25, 0.3) is 11.1 Å². The summed E-state index contributed by atoms with van der Waals surface area (Å²) in [4.78, 5) is 10.9. The third kappa shape index (κ3) is 5.57. The van der Waals surface area contributed by atoms with Crippen LogP contribution in [0.4, 0.5) is 5.69 Å². The molecule has 128 valence electrons. The summed E-state index contributed by atoms with van der Waals surface area (Å²) in [6.45, 7) is 4.15. The van der Waals surface area contributed by atoms with Crippen LogP contribution in [0.15, 0.2) is 78.9 Å². The molecule has 0 spiro atoms. The molecule has 3 heteroatoms. The number of benzene rings is 3. The quantitative estimate of drug-likeness (QED) is 0.421. The van der Waals surface area contributed by atoms with Gasteiger partial charge in [-0.2, -0.15) is 0 Å². The van der Waals surface area contributed by atoms with Crippen LogP contribution in [0, 0.1) is 17.0 Å². The fraction of sp³-hybridized carbons (Fsp3) is 0.182. The molecule has 3 aromatic rings. The summed E-state index contributed by atoms with van der Waals surface area (Å²) in [5.74, 6) is 0. The SMILES string of the molecule is CCCc1ccc(-c2ccccc2)c([N+](=O)[O-])c1.Cc1ccccc1. The molecule has 3 rings (SSSR count). The summed E-state index contributed by atoms with van der Waals surface area (Å²) in [6, 6.07) is 25.2. The molecule has 0 fully saturated rings. The van der Waals surface area contributed by atoms with Crippen LogP contribution in [0.5, 0.6) is 0 Å². The van der Waals surface area contributed by atoms with Gasteiger partial charge in [0.2, 0.25) is 0 Å². The van der Waals surface area contributed by atoms with E-state index in [1.165, 1.54) is 5.56 Å². The average molecular weight is 333 g/mol. The molecular formula is C22H23NO2. The number of nitro benzene ring substituents is 1. The lowest BCUT2D eigenvalue weighted by molar-refractivity contribution is -0.384. The molecule has 0 unspecified atom stereocenters. The van der Waals surface area contributed by atoms with Gasteiger partial charge in [0.25, 0.3) is 5.69 Å². The summed E-state index contributed by atoms with van der Waals surface area (Å²) in [6.07, 6.45) is 1.86. The lowest BCUT2D eigenvalue weighted by Crippen LogP contribution is -1.94. The van der Waals surface area contributed by atoms with Gasteiger partial charge in [-0.05, 0) is 30.5 Å². The highest BCUT2D eigenvalue weighted by molar-refractivity contribution is 5.73. The van der Waals surface area contributed by atoms with Crippen LogP contribution in [-0.2, 0) is 6.42 Å². The zero-order chi connectivity index (χ0) is 18.1. The Bertz CT molecular complexity index is 799. The Hall–Kier alpha value is -2.94. The second kappa shape index (κ2) is 9.38. The summed E-state index contributed by atoms with van der Waals surface area (Å²) >= 11 is 0. The van der Waals surface area contributed by atoms with E-state index in [1.807, 2.05) is 60.7 Å². The van der Waals surface area contributed by atoms with Crippen molar-refractivity contribution in [1.29, 1.82) is 0 Å². The normalized spacial score (nSPS) is 9.84. The van der Waals surface area contributed by atoms with Crippen LogP contribution in [0.3, 0.4) is 0 Å². The largest absolute Gasteiger partial charge is 0.277 e. The minimum atomic E-state index is -0.304. The smallest absolute Gasteiger partial charge is 0.258 e. The van der Waals surface area contributed by atoms with Crippen molar-refractivity contribution in [3.05, 3.63) is 100 Å². The number of nitro groups is 1. The van der Waals surface area contributed by atoms with Crippen molar-refractivity contribution in [2.45, 2.75) is 26.7 Å². The van der Waals surface area contributed by atoms with Crippen molar-refractivity contribution in [3.63, 3.8) is 0 Å². The van der Waals surface area contributed by atoms with Gasteiger partial charge < -0.3 is 0 Å². The van der Waals surface area contributed by atoms with E-state index in [0.29, 0.717) is 5.56 Å². The first-order chi connectivity index (χ1) is 12.1. The van der Waals surface area contributed by atoms with Crippen molar-refractivity contribution >= 4 is 5.69 Å². The molecule has 25 heavy (non-hydrogen) atoms. The predicted octanol–water partition coefficient (Wildman–Crippen LogP) is 6.21. The van der Waals surface area contributed by atoms with E-state index in [0.717, 1.165) is 24.0 Å². The molecule has 3 aromatic carbocycles. The van der Waals surface area contributed by atoms with Crippen molar-refractivity contribution in [2.75, 3.05) is 0 Å². The topological polar surface area (TPSA) is 43.1 Å². The van der Waals surface area contributed by atoms with Crippen LogP contribution >= 0.6 is 0 Å². The standard InChI is InChI=1S/C15H15NO2.C7H8/c1-2-6-12-9-10-14(15(11-12)16(17)18)13-7-4-3-5-8-13;1-7-5-3-2-4-6-7/h3-5,7-11H,2,6H2,1H3;2-6H,1H3. The van der Waals surface area contributed by atoms with Crippen LogP contribution in [-0.4, -0.2) is 4.92 Å². The van der Waals surface area contributed by atoms with Gasteiger partial charge in [0.15, 0.2) is 0 Å². The van der Waals surface area contributed by atoms with Gasteiger partial charge in [-0.25, -0.2) is 0 Å². The highest BCUT2D eigenvalue weighted by atomic mass is 16.6. The van der Waals surface area contributed by atoms with E-state index in [2.05, 4.69) is 26.0 Å². The molecule has 0 aromatic heterocycles. The Morgan fingerprint density at radius 1 is 0.880 bits per heavy atom. The fourth-order valence-corrected chi connectivity index (χ4v) is 2.57. The monoisotopic (exact) mass is 333 g/mol. The first-order valence-electron chi connectivity index (χ1n) is 8.46. The lowest BCUT2D eigenvalue weighted by Gasteiger charge is -2.05. The number of rotatable bonds is 4. The number of aryl methyl sites for hydroxylation is 2. The molecule has 3 nitrogen and oxygen atoms in total. The maximum Gasteiger partial charge on any atom is 0.277 e. The minimum Gasteiger partial charge on any atom is -0.258 e.